The van der Waals surface area contributed by atoms with E-state index in [0.717, 1.165) is 42.8 Å². The topological polar surface area (TPSA) is 58.4 Å². The van der Waals surface area contributed by atoms with Crippen molar-refractivity contribution < 1.29 is 8.42 Å². The number of aryl methyl sites for hydroxylation is 1. The van der Waals surface area contributed by atoms with Crippen LogP contribution in [0.3, 0.4) is 0 Å². The van der Waals surface area contributed by atoms with Crippen LogP contribution in [-0.4, -0.2) is 48.0 Å². The maximum atomic E-state index is 13.1. The summed E-state index contributed by atoms with van der Waals surface area (Å²) in [6.07, 6.45) is 2.76. The van der Waals surface area contributed by atoms with E-state index in [1.807, 2.05) is 56.2 Å². The Morgan fingerprint density at radius 2 is 1.89 bits per heavy atom. The van der Waals surface area contributed by atoms with Gasteiger partial charge in [-0.1, -0.05) is 36.8 Å². The highest BCUT2D eigenvalue weighted by atomic mass is 35.5. The predicted octanol–water partition coefficient (Wildman–Crippen LogP) is 2.96. The van der Waals surface area contributed by atoms with Gasteiger partial charge in [0.15, 0.2) is 0 Å². The van der Waals surface area contributed by atoms with E-state index in [0.29, 0.717) is 6.54 Å². The maximum absolute atomic E-state index is 13.1. The molecule has 0 amide bonds. The van der Waals surface area contributed by atoms with E-state index in [-0.39, 0.29) is 24.2 Å². The summed E-state index contributed by atoms with van der Waals surface area (Å²) in [5.41, 5.74) is 2.78. The van der Waals surface area contributed by atoms with Crippen LogP contribution in [0.2, 0.25) is 0 Å². The summed E-state index contributed by atoms with van der Waals surface area (Å²) in [5, 5.41) is 4.64. The summed E-state index contributed by atoms with van der Waals surface area (Å²) in [7, 11) is 2.57. The van der Waals surface area contributed by atoms with E-state index in [2.05, 4.69) is 16.1 Å². The number of nitrogens with zero attached hydrogens (tertiary/aromatic N) is 4. The van der Waals surface area contributed by atoms with Crippen molar-refractivity contribution in [3.05, 3.63) is 53.3 Å². The molecule has 0 saturated carbocycles. The Bertz CT molecular complexity index is 837. The Hall–Kier alpha value is -1.41. The molecule has 1 aromatic carbocycles. The largest absolute Gasteiger partial charge is 0.304 e. The molecule has 27 heavy (non-hydrogen) atoms. The molecule has 1 unspecified atom stereocenters. The second kappa shape index (κ2) is 9.19. The maximum Gasteiger partial charge on any atom is 0.218 e. The van der Waals surface area contributed by atoms with Crippen LogP contribution in [0.1, 0.15) is 42.3 Å². The first-order valence-corrected chi connectivity index (χ1v) is 10.7. The minimum Gasteiger partial charge on any atom is -0.304 e. The summed E-state index contributed by atoms with van der Waals surface area (Å²) in [5.74, 6) is 0.0434. The van der Waals surface area contributed by atoms with Gasteiger partial charge in [0.1, 0.15) is 0 Å². The number of hydrogen-bond donors (Lipinski definition) is 0. The highest BCUT2D eigenvalue weighted by molar-refractivity contribution is 7.88. The third-order valence-electron chi connectivity index (χ3n) is 4.82. The molecule has 1 saturated heterocycles. The summed E-state index contributed by atoms with van der Waals surface area (Å²) in [6.45, 7) is 1.35. The zero-order chi connectivity index (χ0) is 18.7. The monoisotopic (exact) mass is 412 g/mol. The predicted molar refractivity (Wildman–Crippen MR) is 110 cm³/mol. The zero-order valence-electron chi connectivity index (χ0n) is 16.2. The van der Waals surface area contributed by atoms with Crippen molar-refractivity contribution in [2.75, 3.05) is 20.6 Å². The van der Waals surface area contributed by atoms with Gasteiger partial charge in [0.25, 0.3) is 0 Å². The molecule has 150 valence electrons. The Morgan fingerprint density at radius 1 is 1.19 bits per heavy atom. The standard InChI is InChI=1S/C19H28N4O2S.ClH/c1-21(2)14-17-13-18(20-22(17)3)19-11-7-8-12-23(19)26(24,25)15-16-9-5-4-6-10-16;/h4-6,9-10,13,19H,7-8,11-12,14-15H2,1-3H3;1H. The normalized spacial score (nSPS) is 18.4. The molecular formula is C19H29ClN4O2S. The minimum atomic E-state index is -3.39. The third kappa shape index (κ3) is 5.31. The van der Waals surface area contributed by atoms with Crippen molar-refractivity contribution in [2.24, 2.45) is 7.05 Å². The second-order valence-electron chi connectivity index (χ2n) is 7.29. The molecular weight excluding hydrogens is 384 g/mol. The van der Waals surface area contributed by atoms with E-state index < -0.39 is 10.0 Å². The SMILES string of the molecule is CN(C)Cc1cc(C2CCCCN2S(=O)(=O)Cc2ccccc2)nn1C.Cl. The molecule has 3 rings (SSSR count). The quantitative estimate of drug-likeness (QED) is 0.731. The molecule has 1 aliphatic heterocycles. The van der Waals surface area contributed by atoms with Gasteiger partial charge in [-0.15, -0.1) is 12.4 Å². The molecule has 1 aromatic heterocycles. The van der Waals surface area contributed by atoms with Crippen LogP contribution < -0.4 is 0 Å². The zero-order valence-corrected chi connectivity index (χ0v) is 17.8. The average molecular weight is 413 g/mol. The fourth-order valence-corrected chi connectivity index (χ4v) is 5.35. The van der Waals surface area contributed by atoms with E-state index in [1.54, 1.807) is 4.31 Å². The van der Waals surface area contributed by atoms with Gasteiger partial charge in [0, 0.05) is 20.1 Å². The molecule has 0 aliphatic carbocycles. The van der Waals surface area contributed by atoms with Gasteiger partial charge in [-0.25, -0.2) is 8.42 Å². The Morgan fingerprint density at radius 3 is 2.56 bits per heavy atom. The number of sulfonamides is 1. The number of piperidine rings is 1. The van der Waals surface area contributed by atoms with Crippen molar-refractivity contribution in [3.63, 3.8) is 0 Å². The first-order valence-electron chi connectivity index (χ1n) is 9.08. The molecule has 1 aliphatic rings. The first-order chi connectivity index (χ1) is 12.4. The lowest BCUT2D eigenvalue weighted by atomic mass is 10.0. The third-order valence-corrected chi connectivity index (χ3v) is 6.67. The fourth-order valence-electron chi connectivity index (χ4n) is 3.57. The molecule has 8 heteroatoms. The summed E-state index contributed by atoms with van der Waals surface area (Å²) < 4.78 is 29.7. The van der Waals surface area contributed by atoms with Crippen molar-refractivity contribution in [1.29, 1.82) is 0 Å². The number of rotatable bonds is 6. The molecule has 1 atom stereocenters. The van der Waals surface area contributed by atoms with Crippen molar-refractivity contribution in [1.82, 2.24) is 19.0 Å². The molecule has 0 spiro atoms. The number of aromatic nitrogens is 2. The second-order valence-corrected chi connectivity index (χ2v) is 9.21. The van der Waals surface area contributed by atoms with Gasteiger partial charge in [0.05, 0.1) is 23.2 Å². The van der Waals surface area contributed by atoms with Crippen LogP contribution in [0.25, 0.3) is 0 Å². The fraction of sp³-hybridized carbons (Fsp3) is 0.526. The Kier molecular flexibility index (Phi) is 7.45. The lowest BCUT2D eigenvalue weighted by Crippen LogP contribution is -2.39. The van der Waals surface area contributed by atoms with Gasteiger partial charge < -0.3 is 4.90 Å². The van der Waals surface area contributed by atoms with Gasteiger partial charge >= 0.3 is 0 Å². The molecule has 0 bridgehead atoms. The summed E-state index contributed by atoms with van der Waals surface area (Å²) in [6, 6.07) is 11.3. The van der Waals surface area contributed by atoms with Gasteiger partial charge in [0.2, 0.25) is 10.0 Å². The van der Waals surface area contributed by atoms with Crippen LogP contribution in [0.5, 0.6) is 0 Å². The highest BCUT2D eigenvalue weighted by Crippen LogP contribution is 2.33. The molecule has 1 fully saturated rings. The number of benzene rings is 1. The molecule has 2 heterocycles. The van der Waals surface area contributed by atoms with Crippen LogP contribution >= 0.6 is 12.4 Å². The lowest BCUT2D eigenvalue weighted by molar-refractivity contribution is 0.250. The average Bonchev–Trinajstić information content (AvgIpc) is 2.95. The van der Waals surface area contributed by atoms with Gasteiger partial charge in [-0.3, -0.25) is 4.68 Å². The van der Waals surface area contributed by atoms with Crippen molar-refractivity contribution in [3.8, 4) is 0 Å². The van der Waals surface area contributed by atoms with Crippen LogP contribution in [0.4, 0.5) is 0 Å². The summed E-state index contributed by atoms with van der Waals surface area (Å²) >= 11 is 0. The van der Waals surface area contributed by atoms with E-state index >= 15 is 0 Å². The van der Waals surface area contributed by atoms with Crippen LogP contribution in [0, 0.1) is 0 Å². The lowest BCUT2D eigenvalue weighted by Gasteiger charge is -2.33. The Balaban J connectivity index is 0.00000261. The van der Waals surface area contributed by atoms with E-state index in [1.165, 1.54) is 0 Å². The first kappa shape index (κ1) is 21.9. The number of halogens is 1. The van der Waals surface area contributed by atoms with E-state index in [9.17, 15) is 8.42 Å². The van der Waals surface area contributed by atoms with E-state index in [4.69, 9.17) is 0 Å². The highest BCUT2D eigenvalue weighted by Gasteiger charge is 2.35. The molecule has 2 aromatic rings. The van der Waals surface area contributed by atoms with Crippen LogP contribution in [0.15, 0.2) is 36.4 Å². The van der Waals surface area contributed by atoms with Crippen molar-refractivity contribution >= 4 is 22.4 Å². The van der Waals surface area contributed by atoms with Gasteiger partial charge in [-0.05, 0) is 38.6 Å². The molecule has 0 radical (unpaired) electrons. The molecule has 0 N–H and O–H groups in total. The molecule has 6 nitrogen and oxygen atoms in total. The summed E-state index contributed by atoms with van der Waals surface area (Å²) in [4.78, 5) is 2.09. The van der Waals surface area contributed by atoms with Gasteiger partial charge in [-0.2, -0.15) is 9.40 Å². The minimum absolute atomic E-state index is 0. The Labute approximate surface area is 168 Å². The smallest absolute Gasteiger partial charge is 0.218 e. The van der Waals surface area contributed by atoms with Crippen molar-refractivity contribution in [2.45, 2.75) is 37.6 Å². The number of hydrogen-bond acceptors (Lipinski definition) is 4. The van der Waals surface area contributed by atoms with Crippen LogP contribution in [-0.2, 0) is 29.4 Å².